The normalized spacial score (nSPS) is 20.6. The van der Waals surface area contributed by atoms with Gasteiger partial charge < -0.3 is 10.2 Å². The van der Waals surface area contributed by atoms with E-state index in [2.05, 4.69) is 47.2 Å². The van der Waals surface area contributed by atoms with E-state index in [1.165, 1.54) is 55.7 Å². The first kappa shape index (κ1) is 14.8. The van der Waals surface area contributed by atoms with Crippen molar-refractivity contribution in [2.75, 3.05) is 25.0 Å². The van der Waals surface area contributed by atoms with Gasteiger partial charge in [-0.1, -0.05) is 6.92 Å². The highest BCUT2D eigenvalue weighted by Crippen LogP contribution is 2.26. The van der Waals surface area contributed by atoms with Gasteiger partial charge >= 0.3 is 0 Å². The summed E-state index contributed by atoms with van der Waals surface area (Å²) in [6.07, 6.45) is 5.10. The third kappa shape index (κ3) is 3.74. The van der Waals surface area contributed by atoms with Gasteiger partial charge in [0.2, 0.25) is 0 Å². The molecule has 4 heteroatoms. The molecule has 1 unspecified atom stereocenters. The SMILES string of the molecule is CCCN1CCCC(Nc2ccc3nc(C)sc3c2)CC1. The minimum absolute atomic E-state index is 0.610. The second kappa shape index (κ2) is 6.75. The fourth-order valence-electron chi connectivity index (χ4n) is 3.21. The molecule has 0 spiro atoms. The van der Waals surface area contributed by atoms with Crippen molar-refractivity contribution in [1.82, 2.24) is 9.88 Å². The standard InChI is InChI=1S/C17H25N3S/c1-3-9-20-10-4-5-14(8-11-20)19-15-6-7-16-17(12-15)21-13(2)18-16/h6-7,12,14,19H,3-5,8-11H2,1-2H3. The first-order valence-electron chi connectivity index (χ1n) is 8.10. The molecule has 1 fully saturated rings. The molecule has 1 aliphatic heterocycles. The molecule has 114 valence electrons. The van der Waals surface area contributed by atoms with Crippen LogP contribution in [0.1, 0.15) is 37.6 Å². The Morgan fingerprint density at radius 2 is 2.24 bits per heavy atom. The first-order chi connectivity index (χ1) is 10.2. The summed E-state index contributed by atoms with van der Waals surface area (Å²) in [5.41, 5.74) is 2.37. The molecule has 0 aliphatic carbocycles. The summed E-state index contributed by atoms with van der Waals surface area (Å²) in [4.78, 5) is 7.14. The molecular formula is C17H25N3S. The van der Waals surface area contributed by atoms with Crippen molar-refractivity contribution in [3.63, 3.8) is 0 Å². The van der Waals surface area contributed by atoms with Gasteiger partial charge in [0.1, 0.15) is 0 Å². The number of hydrogen-bond acceptors (Lipinski definition) is 4. The summed E-state index contributed by atoms with van der Waals surface area (Å²) >= 11 is 1.78. The van der Waals surface area contributed by atoms with Crippen molar-refractivity contribution in [3.8, 4) is 0 Å². The van der Waals surface area contributed by atoms with Crippen LogP contribution in [0.5, 0.6) is 0 Å². The molecule has 0 saturated carbocycles. The molecule has 0 radical (unpaired) electrons. The zero-order valence-corrected chi connectivity index (χ0v) is 13.9. The van der Waals surface area contributed by atoms with E-state index in [-0.39, 0.29) is 0 Å². The summed E-state index contributed by atoms with van der Waals surface area (Å²) in [5.74, 6) is 0. The lowest BCUT2D eigenvalue weighted by Gasteiger charge is -2.20. The van der Waals surface area contributed by atoms with Gasteiger partial charge in [0.05, 0.1) is 15.2 Å². The highest BCUT2D eigenvalue weighted by atomic mass is 32.1. The van der Waals surface area contributed by atoms with E-state index < -0.39 is 0 Å². The zero-order valence-electron chi connectivity index (χ0n) is 13.1. The summed E-state index contributed by atoms with van der Waals surface area (Å²) in [5, 5.41) is 4.88. The van der Waals surface area contributed by atoms with Crippen LogP contribution >= 0.6 is 11.3 Å². The van der Waals surface area contributed by atoms with Gasteiger partial charge in [-0.25, -0.2) is 4.98 Å². The fraction of sp³-hybridized carbons (Fsp3) is 0.588. The van der Waals surface area contributed by atoms with Crippen LogP contribution in [0.4, 0.5) is 5.69 Å². The van der Waals surface area contributed by atoms with Crippen LogP contribution < -0.4 is 5.32 Å². The van der Waals surface area contributed by atoms with Crippen molar-refractivity contribution in [2.45, 2.75) is 45.6 Å². The zero-order chi connectivity index (χ0) is 14.7. The van der Waals surface area contributed by atoms with Crippen LogP contribution in [0.2, 0.25) is 0 Å². The minimum atomic E-state index is 0.610. The van der Waals surface area contributed by atoms with Crippen molar-refractivity contribution >= 4 is 27.2 Å². The number of benzene rings is 1. The Morgan fingerprint density at radius 1 is 1.33 bits per heavy atom. The van der Waals surface area contributed by atoms with Gasteiger partial charge in [-0.3, -0.25) is 0 Å². The van der Waals surface area contributed by atoms with E-state index >= 15 is 0 Å². The molecule has 3 rings (SSSR count). The van der Waals surface area contributed by atoms with Crippen LogP contribution in [-0.2, 0) is 0 Å². The summed E-state index contributed by atoms with van der Waals surface area (Å²) in [7, 11) is 0. The predicted molar refractivity (Wildman–Crippen MR) is 92.3 cm³/mol. The Labute approximate surface area is 131 Å². The number of thiazole rings is 1. The van der Waals surface area contributed by atoms with E-state index in [1.54, 1.807) is 11.3 Å². The Morgan fingerprint density at radius 3 is 3.10 bits per heavy atom. The van der Waals surface area contributed by atoms with E-state index in [0.29, 0.717) is 6.04 Å². The van der Waals surface area contributed by atoms with Gasteiger partial charge in [0, 0.05) is 18.3 Å². The number of anilines is 1. The third-order valence-electron chi connectivity index (χ3n) is 4.23. The average molecular weight is 303 g/mol. The maximum atomic E-state index is 4.53. The largest absolute Gasteiger partial charge is 0.382 e. The lowest BCUT2D eigenvalue weighted by atomic mass is 10.1. The molecule has 0 amide bonds. The highest BCUT2D eigenvalue weighted by Gasteiger charge is 2.16. The molecule has 1 aromatic carbocycles. The second-order valence-electron chi connectivity index (χ2n) is 6.03. The van der Waals surface area contributed by atoms with E-state index in [1.807, 2.05) is 0 Å². The average Bonchev–Trinajstić information content (AvgIpc) is 2.69. The van der Waals surface area contributed by atoms with Crippen molar-refractivity contribution in [2.24, 2.45) is 0 Å². The predicted octanol–water partition coefficient (Wildman–Crippen LogP) is 4.28. The van der Waals surface area contributed by atoms with Gasteiger partial charge in [-0.05, 0) is 63.9 Å². The van der Waals surface area contributed by atoms with Crippen molar-refractivity contribution in [1.29, 1.82) is 0 Å². The fourth-order valence-corrected chi connectivity index (χ4v) is 4.07. The molecular weight excluding hydrogens is 278 g/mol. The Bertz CT molecular complexity index is 593. The maximum absolute atomic E-state index is 4.53. The second-order valence-corrected chi connectivity index (χ2v) is 7.26. The Hall–Kier alpha value is -1.13. The maximum Gasteiger partial charge on any atom is 0.0907 e. The topological polar surface area (TPSA) is 28.2 Å². The van der Waals surface area contributed by atoms with Crippen LogP contribution in [0, 0.1) is 6.92 Å². The van der Waals surface area contributed by atoms with Gasteiger partial charge in [-0.2, -0.15) is 0 Å². The quantitative estimate of drug-likeness (QED) is 0.913. The third-order valence-corrected chi connectivity index (χ3v) is 5.16. The lowest BCUT2D eigenvalue weighted by Crippen LogP contribution is -2.27. The van der Waals surface area contributed by atoms with E-state index in [4.69, 9.17) is 0 Å². The number of hydrogen-bond donors (Lipinski definition) is 1. The molecule has 21 heavy (non-hydrogen) atoms. The highest BCUT2D eigenvalue weighted by molar-refractivity contribution is 7.18. The smallest absolute Gasteiger partial charge is 0.0907 e. The van der Waals surface area contributed by atoms with Crippen molar-refractivity contribution in [3.05, 3.63) is 23.2 Å². The van der Waals surface area contributed by atoms with Gasteiger partial charge in [0.25, 0.3) is 0 Å². The van der Waals surface area contributed by atoms with Crippen LogP contribution in [0.3, 0.4) is 0 Å². The first-order valence-corrected chi connectivity index (χ1v) is 8.92. The van der Waals surface area contributed by atoms with Gasteiger partial charge in [0.15, 0.2) is 0 Å². The number of aromatic nitrogens is 1. The van der Waals surface area contributed by atoms with Crippen LogP contribution in [0.15, 0.2) is 18.2 Å². The number of nitrogens with one attached hydrogen (secondary N) is 1. The summed E-state index contributed by atoms with van der Waals surface area (Å²) in [6.45, 7) is 8.09. The number of aryl methyl sites for hydroxylation is 1. The molecule has 1 atom stereocenters. The number of rotatable bonds is 4. The molecule has 1 saturated heterocycles. The van der Waals surface area contributed by atoms with E-state index in [9.17, 15) is 0 Å². The van der Waals surface area contributed by atoms with E-state index in [0.717, 1.165) is 10.5 Å². The van der Waals surface area contributed by atoms with Crippen LogP contribution in [-0.4, -0.2) is 35.6 Å². The van der Waals surface area contributed by atoms with Crippen LogP contribution in [0.25, 0.3) is 10.2 Å². The summed E-state index contributed by atoms with van der Waals surface area (Å²) in [6, 6.07) is 7.19. The van der Waals surface area contributed by atoms with Gasteiger partial charge in [-0.15, -0.1) is 11.3 Å². The number of fused-ring (bicyclic) bond motifs is 1. The number of likely N-dealkylation sites (tertiary alicyclic amines) is 1. The van der Waals surface area contributed by atoms with Crippen molar-refractivity contribution < 1.29 is 0 Å². The summed E-state index contributed by atoms with van der Waals surface area (Å²) < 4.78 is 1.29. The Balaban J connectivity index is 1.64. The molecule has 0 bridgehead atoms. The minimum Gasteiger partial charge on any atom is -0.382 e. The molecule has 2 aromatic rings. The molecule has 1 aromatic heterocycles. The molecule has 3 nitrogen and oxygen atoms in total. The molecule has 1 aliphatic rings. The Kier molecular flexibility index (Phi) is 4.76. The number of nitrogens with zero attached hydrogens (tertiary/aromatic N) is 2. The molecule has 2 heterocycles. The monoisotopic (exact) mass is 303 g/mol. The lowest BCUT2D eigenvalue weighted by molar-refractivity contribution is 0.285. The molecule has 1 N–H and O–H groups in total.